The number of benzene rings is 2. The molecular weight excluding hydrogens is 787 g/mol. The van der Waals surface area contributed by atoms with Crippen LogP contribution in [0.3, 0.4) is 0 Å². The van der Waals surface area contributed by atoms with Crippen molar-refractivity contribution in [2.45, 2.75) is 114 Å². The summed E-state index contributed by atoms with van der Waals surface area (Å²) in [4.78, 5) is 102. The Morgan fingerprint density at radius 3 is 2.25 bits per heavy atom. The van der Waals surface area contributed by atoms with Crippen LogP contribution in [0.4, 0.5) is 13.2 Å². The molecular formula is C42H48F3N7O8. The SMILES string of the molecule is C[C@@H]1C[C@H]2C(=O)O[C@@H](C)[C@H](NC(=O)[C@H](Cc3cc(F)cc(F)c3)NC(=O)Cc3ccc(F)c(C#N)c3)C(=O)N3CCC[C@H]3C(=O)N3CCCC[C@H]3C(=O)N[C@@H](C)C(=O)N2C1. The van der Waals surface area contributed by atoms with Crippen molar-refractivity contribution in [3.63, 3.8) is 0 Å². The molecule has 0 bridgehead atoms. The summed E-state index contributed by atoms with van der Waals surface area (Å²) in [5.74, 6) is -7.92. The van der Waals surface area contributed by atoms with Crippen molar-refractivity contribution in [2.75, 3.05) is 19.6 Å². The van der Waals surface area contributed by atoms with Crippen molar-refractivity contribution in [1.29, 1.82) is 5.26 Å². The fraction of sp³-hybridized carbons (Fsp3) is 0.524. The Bertz CT molecular complexity index is 2080. The maximum Gasteiger partial charge on any atom is 0.329 e. The topological polar surface area (TPSA) is 198 Å². The van der Waals surface area contributed by atoms with Gasteiger partial charge >= 0.3 is 5.97 Å². The second-order valence-corrected chi connectivity index (χ2v) is 16.1. The standard InChI is InChI=1S/C42H48F3N7O8/c1-22-13-34-42(59)60-24(3)36(41(58)51-12-6-8-33(51)40(57)50-11-5-4-7-32(50)38(55)47-23(2)39(56)52(34)21-22)49-37(54)31(17-26-15-28(43)19-29(44)16-26)48-35(53)18-25-9-10-30(45)27(14-25)20-46/h9-10,14-16,19,22-24,31-34,36H,4-8,11-13,17-18,21H2,1-3H3,(H,47,55)(H,48,53)(H,49,54)/t22-,23+,24+,31+,32+,33+,34+,36+/m1/s1. The monoisotopic (exact) mass is 835 g/mol. The number of halogens is 3. The molecule has 0 aromatic heterocycles. The number of cyclic esters (lactones) is 1. The molecule has 320 valence electrons. The summed E-state index contributed by atoms with van der Waals surface area (Å²) in [7, 11) is 0. The number of hydrogen-bond acceptors (Lipinski definition) is 9. The fourth-order valence-electron chi connectivity index (χ4n) is 8.59. The number of esters is 1. The molecule has 3 N–H and O–H groups in total. The molecule has 8 atom stereocenters. The van der Waals surface area contributed by atoms with Crippen molar-refractivity contribution >= 4 is 41.4 Å². The number of hydrogen-bond donors (Lipinski definition) is 3. The molecule has 15 nitrogen and oxygen atoms in total. The van der Waals surface area contributed by atoms with Crippen molar-refractivity contribution in [1.82, 2.24) is 30.7 Å². The number of nitriles is 1. The van der Waals surface area contributed by atoms with Crippen LogP contribution in [0.15, 0.2) is 36.4 Å². The van der Waals surface area contributed by atoms with Crippen LogP contribution in [-0.2, 0) is 51.1 Å². The zero-order valence-corrected chi connectivity index (χ0v) is 33.5. The van der Waals surface area contributed by atoms with E-state index in [2.05, 4.69) is 16.0 Å². The number of fused-ring (bicyclic) bond motifs is 3. The van der Waals surface area contributed by atoms with Crippen LogP contribution in [-0.4, -0.2) is 118 Å². The van der Waals surface area contributed by atoms with Gasteiger partial charge in [0.05, 0.1) is 12.0 Å². The normalized spacial score (nSPS) is 26.9. The number of ether oxygens (including phenoxy) is 1. The van der Waals surface area contributed by atoms with Gasteiger partial charge in [-0.2, -0.15) is 5.26 Å². The third kappa shape index (κ3) is 9.72. The number of rotatable bonds is 7. The molecule has 60 heavy (non-hydrogen) atoms. The molecule has 2 aromatic rings. The van der Waals surface area contributed by atoms with Gasteiger partial charge in [-0.1, -0.05) is 13.0 Å². The van der Waals surface area contributed by atoms with Gasteiger partial charge in [0, 0.05) is 32.1 Å². The van der Waals surface area contributed by atoms with Gasteiger partial charge in [-0.15, -0.1) is 0 Å². The summed E-state index contributed by atoms with van der Waals surface area (Å²) in [6, 6.07) is 0.278. The average Bonchev–Trinajstić information content (AvgIpc) is 3.86. The number of nitrogens with one attached hydrogen (secondary N) is 3. The average molecular weight is 836 g/mol. The van der Waals surface area contributed by atoms with E-state index in [4.69, 9.17) is 4.74 Å². The molecule has 0 saturated carbocycles. The molecule has 18 heteroatoms. The second kappa shape index (κ2) is 18.5. The largest absolute Gasteiger partial charge is 0.458 e. The van der Waals surface area contributed by atoms with Gasteiger partial charge in [0.1, 0.15) is 65.9 Å². The first-order valence-electron chi connectivity index (χ1n) is 20.2. The fourth-order valence-corrected chi connectivity index (χ4v) is 8.59. The maximum absolute atomic E-state index is 14.7. The molecule has 4 heterocycles. The van der Waals surface area contributed by atoms with E-state index in [-0.39, 0.29) is 55.1 Å². The predicted octanol–water partition coefficient (Wildman–Crippen LogP) is 1.79. The van der Waals surface area contributed by atoms with E-state index in [1.807, 2.05) is 6.92 Å². The summed E-state index contributed by atoms with van der Waals surface area (Å²) in [5.41, 5.74) is -0.139. The summed E-state index contributed by atoms with van der Waals surface area (Å²) >= 11 is 0. The van der Waals surface area contributed by atoms with Crippen LogP contribution >= 0.6 is 0 Å². The van der Waals surface area contributed by atoms with Gasteiger partial charge in [0.15, 0.2) is 0 Å². The highest BCUT2D eigenvalue weighted by atomic mass is 19.1. The predicted molar refractivity (Wildman–Crippen MR) is 205 cm³/mol. The van der Waals surface area contributed by atoms with E-state index < -0.39 is 114 Å². The zero-order chi connectivity index (χ0) is 43.4. The second-order valence-electron chi connectivity index (χ2n) is 16.1. The van der Waals surface area contributed by atoms with Crippen molar-refractivity contribution in [3.05, 3.63) is 70.5 Å². The van der Waals surface area contributed by atoms with Gasteiger partial charge in [-0.3, -0.25) is 28.8 Å². The summed E-state index contributed by atoms with van der Waals surface area (Å²) in [5, 5.41) is 17.1. The van der Waals surface area contributed by atoms with Gasteiger partial charge in [0.2, 0.25) is 35.4 Å². The van der Waals surface area contributed by atoms with Gasteiger partial charge < -0.3 is 35.4 Å². The van der Waals surface area contributed by atoms with Crippen molar-refractivity contribution in [2.24, 2.45) is 5.92 Å². The Kier molecular flexibility index (Phi) is 13.4. The molecule has 4 aliphatic heterocycles. The summed E-state index contributed by atoms with van der Waals surface area (Å²) in [6.45, 7) is 5.19. The minimum atomic E-state index is -1.68. The van der Waals surface area contributed by atoms with Crippen LogP contribution in [0.5, 0.6) is 0 Å². The molecule has 6 rings (SSSR count). The molecule has 0 spiro atoms. The smallest absolute Gasteiger partial charge is 0.329 e. The number of amides is 6. The molecule has 0 unspecified atom stereocenters. The van der Waals surface area contributed by atoms with Crippen molar-refractivity contribution < 1.29 is 51.5 Å². The number of carbonyl (C=O) groups is 7. The highest BCUT2D eigenvalue weighted by Crippen LogP contribution is 2.29. The lowest BCUT2D eigenvalue weighted by Gasteiger charge is -2.39. The Labute approximate surface area is 344 Å². The van der Waals surface area contributed by atoms with Crippen LogP contribution in [0, 0.1) is 34.7 Å². The van der Waals surface area contributed by atoms with E-state index in [9.17, 15) is 52.0 Å². The van der Waals surface area contributed by atoms with Gasteiger partial charge in [-0.25, -0.2) is 18.0 Å². The highest BCUT2D eigenvalue weighted by Gasteiger charge is 2.47. The first-order valence-corrected chi connectivity index (χ1v) is 20.2. The van der Waals surface area contributed by atoms with Crippen LogP contribution in [0.2, 0.25) is 0 Å². The number of nitrogens with zero attached hydrogens (tertiary/aromatic N) is 4. The first-order chi connectivity index (χ1) is 28.5. The molecule has 0 radical (unpaired) electrons. The third-order valence-electron chi connectivity index (χ3n) is 11.6. The molecule has 6 amide bonds. The minimum absolute atomic E-state index is 0.0371. The Morgan fingerprint density at radius 1 is 0.850 bits per heavy atom. The lowest BCUT2D eigenvalue weighted by atomic mass is 9.99. The van der Waals surface area contributed by atoms with Gasteiger partial charge in [0.25, 0.3) is 0 Å². The van der Waals surface area contributed by atoms with Crippen LogP contribution < -0.4 is 16.0 Å². The third-order valence-corrected chi connectivity index (χ3v) is 11.6. The Balaban J connectivity index is 1.34. The summed E-state index contributed by atoms with van der Waals surface area (Å²) < 4.78 is 48.6. The van der Waals surface area contributed by atoms with E-state index in [1.165, 1.54) is 34.6 Å². The first kappa shape index (κ1) is 43.6. The van der Waals surface area contributed by atoms with Crippen LogP contribution in [0.25, 0.3) is 0 Å². The van der Waals surface area contributed by atoms with E-state index in [0.29, 0.717) is 31.7 Å². The number of piperidine rings is 1. The quantitative estimate of drug-likeness (QED) is 0.349. The Hall–Kier alpha value is -5.99. The molecule has 0 aliphatic carbocycles. The van der Waals surface area contributed by atoms with E-state index >= 15 is 0 Å². The maximum atomic E-state index is 14.7. The minimum Gasteiger partial charge on any atom is -0.458 e. The lowest BCUT2D eigenvalue weighted by Crippen LogP contribution is -2.63. The lowest BCUT2D eigenvalue weighted by molar-refractivity contribution is -0.163. The Morgan fingerprint density at radius 2 is 1.53 bits per heavy atom. The zero-order valence-electron chi connectivity index (χ0n) is 33.5. The van der Waals surface area contributed by atoms with E-state index in [1.54, 1.807) is 6.07 Å². The molecule has 4 fully saturated rings. The molecule has 4 saturated heterocycles. The van der Waals surface area contributed by atoms with E-state index in [0.717, 1.165) is 24.3 Å². The number of carbonyl (C=O) groups excluding carboxylic acids is 7. The van der Waals surface area contributed by atoms with Crippen LogP contribution in [0.1, 0.15) is 76.0 Å². The molecule has 4 aliphatic rings. The van der Waals surface area contributed by atoms with Crippen molar-refractivity contribution in [3.8, 4) is 6.07 Å². The highest BCUT2D eigenvalue weighted by molar-refractivity contribution is 5.98. The van der Waals surface area contributed by atoms with Gasteiger partial charge in [-0.05, 0) is 93.7 Å². The summed E-state index contributed by atoms with van der Waals surface area (Å²) in [6.07, 6.45) is 0.0746. The molecule has 2 aromatic carbocycles.